The first kappa shape index (κ1) is 12.1. The fraction of sp³-hybridized carbons (Fsp3) is 0.667. The van der Waals surface area contributed by atoms with Gasteiger partial charge in [0.15, 0.2) is 0 Å². The molecule has 0 bridgehead atoms. The van der Waals surface area contributed by atoms with Crippen LogP contribution in [0.2, 0.25) is 0 Å². The minimum Gasteiger partial charge on any atom is -0.334 e. The molecule has 5 nitrogen and oxygen atoms in total. The Labute approximate surface area is 101 Å². The van der Waals surface area contributed by atoms with Gasteiger partial charge in [-0.25, -0.2) is 0 Å². The van der Waals surface area contributed by atoms with Gasteiger partial charge in [-0.3, -0.25) is 9.89 Å². The zero-order valence-corrected chi connectivity index (χ0v) is 10.1. The molecule has 0 aliphatic heterocycles. The first-order chi connectivity index (χ1) is 8.33. The van der Waals surface area contributed by atoms with Gasteiger partial charge in [0, 0.05) is 18.8 Å². The van der Waals surface area contributed by atoms with Crippen molar-refractivity contribution in [2.24, 2.45) is 5.73 Å². The Bertz CT molecular complexity index is 343. The Morgan fingerprint density at radius 2 is 2.29 bits per heavy atom. The monoisotopic (exact) mass is 236 g/mol. The predicted octanol–water partition coefficient (Wildman–Crippen LogP) is 1.14. The van der Waals surface area contributed by atoms with E-state index >= 15 is 0 Å². The smallest absolute Gasteiger partial charge is 0.272 e. The third-order valence-corrected chi connectivity index (χ3v) is 3.36. The number of hydrogen-bond acceptors (Lipinski definition) is 3. The number of nitrogens with two attached hydrogens (primary N) is 1. The van der Waals surface area contributed by atoms with E-state index < -0.39 is 0 Å². The van der Waals surface area contributed by atoms with Crippen LogP contribution in [0.25, 0.3) is 0 Å². The second-order valence-corrected chi connectivity index (χ2v) is 4.55. The molecule has 94 valence electrons. The van der Waals surface area contributed by atoms with Crippen LogP contribution in [0.1, 0.15) is 42.6 Å². The molecule has 1 aromatic heterocycles. The molecule has 1 aromatic rings. The highest BCUT2D eigenvalue weighted by atomic mass is 16.2. The van der Waals surface area contributed by atoms with Gasteiger partial charge in [-0.2, -0.15) is 5.10 Å². The summed E-state index contributed by atoms with van der Waals surface area (Å²) >= 11 is 0. The molecule has 1 aliphatic rings. The van der Waals surface area contributed by atoms with Crippen molar-refractivity contribution in [2.45, 2.75) is 38.1 Å². The quantitative estimate of drug-likeness (QED) is 0.805. The third kappa shape index (κ3) is 2.85. The lowest BCUT2D eigenvalue weighted by molar-refractivity contribution is 0.0674. The number of carbonyl (C=O) groups excluding carboxylic acids is 1. The van der Waals surface area contributed by atoms with E-state index in [1.807, 2.05) is 4.90 Å². The number of H-pyrrole nitrogens is 1. The molecule has 3 N–H and O–H groups in total. The Morgan fingerprint density at radius 3 is 2.88 bits per heavy atom. The summed E-state index contributed by atoms with van der Waals surface area (Å²) in [5, 5.41) is 6.58. The molecule has 1 saturated carbocycles. The second kappa shape index (κ2) is 5.82. The predicted molar refractivity (Wildman–Crippen MR) is 65.6 cm³/mol. The van der Waals surface area contributed by atoms with Gasteiger partial charge in [-0.1, -0.05) is 12.8 Å². The van der Waals surface area contributed by atoms with Crippen molar-refractivity contribution in [1.82, 2.24) is 15.1 Å². The molecule has 1 aliphatic carbocycles. The zero-order chi connectivity index (χ0) is 12.1. The number of aromatic amines is 1. The SMILES string of the molecule is NCCCN(C(=O)c1ccn[nH]1)C1CCCC1. The van der Waals surface area contributed by atoms with Crippen LogP contribution in [-0.4, -0.2) is 40.1 Å². The van der Waals surface area contributed by atoms with Gasteiger partial charge in [0.2, 0.25) is 0 Å². The van der Waals surface area contributed by atoms with Crippen molar-refractivity contribution in [3.05, 3.63) is 18.0 Å². The molecule has 5 heteroatoms. The number of carbonyl (C=O) groups is 1. The Kier molecular flexibility index (Phi) is 4.14. The van der Waals surface area contributed by atoms with Crippen molar-refractivity contribution in [3.8, 4) is 0 Å². The normalized spacial score (nSPS) is 16.3. The van der Waals surface area contributed by atoms with Gasteiger partial charge in [0.05, 0.1) is 0 Å². The standard InChI is InChI=1S/C12H20N4O/c13-7-3-9-16(10-4-1-2-5-10)12(17)11-6-8-14-15-11/h6,8,10H,1-5,7,9,13H2,(H,14,15). The molecule has 1 amide bonds. The molecule has 0 unspecified atom stereocenters. The Balaban J connectivity index is 2.06. The van der Waals surface area contributed by atoms with E-state index in [4.69, 9.17) is 5.73 Å². The van der Waals surface area contributed by atoms with Crippen LogP contribution in [-0.2, 0) is 0 Å². The average Bonchev–Trinajstić information content (AvgIpc) is 3.02. The van der Waals surface area contributed by atoms with Gasteiger partial charge >= 0.3 is 0 Å². The van der Waals surface area contributed by atoms with E-state index in [-0.39, 0.29) is 5.91 Å². The average molecular weight is 236 g/mol. The number of hydrogen-bond donors (Lipinski definition) is 2. The summed E-state index contributed by atoms with van der Waals surface area (Å²) in [5.74, 6) is 0.0582. The van der Waals surface area contributed by atoms with E-state index in [1.165, 1.54) is 12.8 Å². The minimum absolute atomic E-state index is 0.0582. The molecule has 2 rings (SSSR count). The second-order valence-electron chi connectivity index (χ2n) is 4.55. The van der Waals surface area contributed by atoms with Crippen molar-refractivity contribution in [2.75, 3.05) is 13.1 Å². The van der Waals surface area contributed by atoms with E-state index in [0.29, 0.717) is 18.3 Å². The van der Waals surface area contributed by atoms with Gasteiger partial charge in [-0.05, 0) is 31.9 Å². The topological polar surface area (TPSA) is 75.0 Å². The molecular formula is C12H20N4O. The van der Waals surface area contributed by atoms with E-state index in [2.05, 4.69) is 10.2 Å². The minimum atomic E-state index is 0.0582. The maximum absolute atomic E-state index is 12.3. The van der Waals surface area contributed by atoms with E-state index in [9.17, 15) is 4.79 Å². The fourth-order valence-corrected chi connectivity index (χ4v) is 2.46. The Hall–Kier alpha value is -1.36. The number of amides is 1. The summed E-state index contributed by atoms with van der Waals surface area (Å²) in [6.45, 7) is 1.37. The maximum atomic E-state index is 12.3. The number of aromatic nitrogens is 2. The Morgan fingerprint density at radius 1 is 1.53 bits per heavy atom. The molecule has 0 radical (unpaired) electrons. The van der Waals surface area contributed by atoms with Gasteiger partial charge in [0.1, 0.15) is 5.69 Å². The highest BCUT2D eigenvalue weighted by Gasteiger charge is 2.27. The van der Waals surface area contributed by atoms with Crippen molar-refractivity contribution in [3.63, 3.8) is 0 Å². The van der Waals surface area contributed by atoms with Crippen LogP contribution in [0.15, 0.2) is 12.3 Å². The number of nitrogens with zero attached hydrogens (tertiary/aromatic N) is 2. The third-order valence-electron chi connectivity index (χ3n) is 3.36. The van der Waals surface area contributed by atoms with Gasteiger partial charge in [-0.15, -0.1) is 0 Å². The summed E-state index contributed by atoms with van der Waals surface area (Å²) in [7, 11) is 0. The fourth-order valence-electron chi connectivity index (χ4n) is 2.46. The summed E-state index contributed by atoms with van der Waals surface area (Å²) in [4.78, 5) is 14.3. The lowest BCUT2D eigenvalue weighted by Gasteiger charge is -2.28. The maximum Gasteiger partial charge on any atom is 0.272 e. The molecule has 1 fully saturated rings. The van der Waals surface area contributed by atoms with Crippen LogP contribution in [0.4, 0.5) is 0 Å². The zero-order valence-electron chi connectivity index (χ0n) is 10.1. The van der Waals surface area contributed by atoms with Crippen LogP contribution < -0.4 is 5.73 Å². The largest absolute Gasteiger partial charge is 0.334 e. The lowest BCUT2D eigenvalue weighted by Crippen LogP contribution is -2.40. The summed E-state index contributed by atoms with van der Waals surface area (Å²) < 4.78 is 0. The van der Waals surface area contributed by atoms with Crippen molar-refractivity contribution in [1.29, 1.82) is 0 Å². The summed E-state index contributed by atoms with van der Waals surface area (Å²) in [6, 6.07) is 2.12. The molecule has 1 heterocycles. The van der Waals surface area contributed by atoms with Gasteiger partial charge in [0.25, 0.3) is 5.91 Å². The number of nitrogens with one attached hydrogen (secondary N) is 1. The molecule has 0 aromatic carbocycles. The van der Waals surface area contributed by atoms with E-state index in [0.717, 1.165) is 25.8 Å². The highest BCUT2D eigenvalue weighted by Crippen LogP contribution is 2.24. The van der Waals surface area contributed by atoms with Crippen LogP contribution in [0.5, 0.6) is 0 Å². The van der Waals surface area contributed by atoms with Crippen molar-refractivity contribution >= 4 is 5.91 Å². The number of rotatable bonds is 5. The van der Waals surface area contributed by atoms with E-state index in [1.54, 1.807) is 12.3 Å². The molecule has 0 spiro atoms. The highest BCUT2D eigenvalue weighted by molar-refractivity contribution is 5.92. The van der Waals surface area contributed by atoms with Gasteiger partial charge < -0.3 is 10.6 Å². The first-order valence-corrected chi connectivity index (χ1v) is 6.33. The van der Waals surface area contributed by atoms with Crippen LogP contribution >= 0.6 is 0 Å². The molecule has 17 heavy (non-hydrogen) atoms. The first-order valence-electron chi connectivity index (χ1n) is 6.33. The summed E-state index contributed by atoms with van der Waals surface area (Å²) in [6.07, 6.45) is 7.15. The van der Waals surface area contributed by atoms with Crippen LogP contribution in [0.3, 0.4) is 0 Å². The lowest BCUT2D eigenvalue weighted by atomic mass is 10.2. The molecule has 0 atom stereocenters. The molecule has 0 saturated heterocycles. The van der Waals surface area contributed by atoms with Crippen molar-refractivity contribution < 1.29 is 4.79 Å². The van der Waals surface area contributed by atoms with Crippen LogP contribution in [0, 0.1) is 0 Å². The summed E-state index contributed by atoms with van der Waals surface area (Å²) in [5.41, 5.74) is 6.11. The molecular weight excluding hydrogens is 216 g/mol.